The maximum atomic E-state index is 13.2. The summed E-state index contributed by atoms with van der Waals surface area (Å²) in [5.41, 5.74) is 5.95. The topological polar surface area (TPSA) is 63.3 Å². The average molecular weight is 234 g/mol. The smallest absolute Gasteiger partial charge is 0.335 e. The van der Waals surface area contributed by atoms with E-state index in [0.717, 1.165) is 6.07 Å². The number of rotatable bonds is 3. The van der Waals surface area contributed by atoms with Crippen LogP contribution in [0, 0.1) is 5.82 Å². The number of halogens is 2. The number of benzene rings is 1. The summed E-state index contributed by atoms with van der Waals surface area (Å²) in [5.74, 6) is -1.53. The Morgan fingerprint density at radius 3 is 2.67 bits per heavy atom. The van der Waals surface area contributed by atoms with E-state index >= 15 is 0 Å². The zero-order chi connectivity index (χ0) is 10.7. The fourth-order valence-electron chi connectivity index (χ4n) is 1.18. The Hall–Kier alpha value is -1.13. The summed E-state index contributed by atoms with van der Waals surface area (Å²) in [6, 6.07) is 3.19. The number of hydrogen-bond acceptors (Lipinski definition) is 2. The molecular weight excluding hydrogens is 221 g/mol. The maximum absolute atomic E-state index is 13.2. The minimum absolute atomic E-state index is 0. The first-order chi connectivity index (χ1) is 6.56. The van der Waals surface area contributed by atoms with E-state index in [0.29, 0.717) is 6.42 Å². The van der Waals surface area contributed by atoms with Gasteiger partial charge >= 0.3 is 5.97 Å². The largest absolute Gasteiger partial charge is 0.478 e. The van der Waals surface area contributed by atoms with E-state index in [9.17, 15) is 9.18 Å². The third-order valence-electron chi connectivity index (χ3n) is 2.08. The molecule has 0 radical (unpaired) electrons. The lowest BCUT2D eigenvalue weighted by molar-refractivity contribution is 0.0696. The van der Waals surface area contributed by atoms with Crippen molar-refractivity contribution in [3.05, 3.63) is 35.1 Å². The van der Waals surface area contributed by atoms with Gasteiger partial charge in [-0.3, -0.25) is 0 Å². The molecule has 3 N–H and O–H groups in total. The molecule has 0 fully saturated rings. The Bertz CT molecular complexity index is 357. The van der Waals surface area contributed by atoms with Crippen molar-refractivity contribution >= 4 is 18.4 Å². The zero-order valence-corrected chi connectivity index (χ0v) is 9.05. The molecule has 0 aliphatic rings. The molecule has 1 aromatic rings. The van der Waals surface area contributed by atoms with Gasteiger partial charge in [0.25, 0.3) is 0 Å². The summed E-state index contributed by atoms with van der Waals surface area (Å²) in [5, 5.41) is 8.69. The summed E-state index contributed by atoms with van der Waals surface area (Å²) in [4.78, 5) is 10.6. The highest BCUT2D eigenvalue weighted by Crippen LogP contribution is 2.19. The van der Waals surface area contributed by atoms with Crippen LogP contribution in [0.1, 0.15) is 35.3 Å². The van der Waals surface area contributed by atoms with Crippen LogP contribution >= 0.6 is 12.4 Å². The molecule has 0 saturated carbocycles. The molecule has 84 valence electrons. The standard InChI is InChI=1S/C10H12FNO2.ClH/c1-2-9(12)7-5-6(10(13)14)3-4-8(7)11;/h3-5,9H,2,12H2,1H3,(H,13,14);1H/t9-;/m1./s1. The SMILES string of the molecule is CC[C@@H](N)c1cc(C(=O)O)ccc1F.Cl. The molecule has 1 aromatic carbocycles. The van der Waals surface area contributed by atoms with E-state index in [4.69, 9.17) is 10.8 Å². The first-order valence-electron chi connectivity index (χ1n) is 4.34. The van der Waals surface area contributed by atoms with Crippen LogP contribution in [0.15, 0.2) is 18.2 Å². The quantitative estimate of drug-likeness (QED) is 0.843. The van der Waals surface area contributed by atoms with Gasteiger partial charge in [-0.15, -0.1) is 12.4 Å². The van der Waals surface area contributed by atoms with E-state index in [1.807, 2.05) is 6.92 Å². The molecule has 3 nitrogen and oxygen atoms in total. The first-order valence-corrected chi connectivity index (χ1v) is 4.34. The molecular formula is C10H13ClFNO2. The van der Waals surface area contributed by atoms with Crippen molar-refractivity contribution in [3.63, 3.8) is 0 Å². The van der Waals surface area contributed by atoms with E-state index in [1.54, 1.807) is 0 Å². The number of hydrogen-bond donors (Lipinski definition) is 2. The van der Waals surface area contributed by atoms with Crippen molar-refractivity contribution in [1.29, 1.82) is 0 Å². The van der Waals surface area contributed by atoms with E-state index in [1.165, 1.54) is 12.1 Å². The lowest BCUT2D eigenvalue weighted by Gasteiger charge is -2.10. The molecule has 0 aromatic heterocycles. The van der Waals surface area contributed by atoms with Gasteiger partial charge in [-0.2, -0.15) is 0 Å². The predicted molar refractivity (Wildman–Crippen MR) is 57.8 cm³/mol. The second kappa shape index (κ2) is 5.68. The summed E-state index contributed by atoms with van der Waals surface area (Å²) in [6.07, 6.45) is 0.569. The molecule has 0 unspecified atom stereocenters. The first kappa shape index (κ1) is 13.9. The van der Waals surface area contributed by atoms with Crippen molar-refractivity contribution in [1.82, 2.24) is 0 Å². The lowest BCUT2D eigenvalue weighted by Crippen LogP contribution is -2.12. The van der Waals surface area contributed by atoms with Crippen LogP contribution in [0.5, 0.6) is 0 Å². The second-order valence-electron chi connectivity index (χ2n) is 3.06. The molecule has 15 heavy (non-hydrogen) atoms. The molecule has 0 bridgehead atoms. The predicted octanol–water partition coefficient (Wildman–Crippen LogP) is 2.36. The molecule has 0 aliphatic heterocycles. The minimum atomic E-state index is -1.07. The summed E-state index contributed by atoms with van der Waals surface area (Å²) < 4.78 is 13.2. The van der Waals surface area contributed by atoms with Crippen molar-refractivity contribution in [2.24, 2.45) is 5.73 Å². The number of aromatic carboxylic acids is 1. The highest BCUT2D eigenvalue weighted by Gasteiger charge is 2.12. The van der Waals surface area contributed by atoms with Gasteiger partial charge in [-0.1, -0.05) is 6.92 Å². The summed E-state index contributed by atoms with van der Waals surface area (Å²) >= 11 is 0. The molecule has 0 heterocycles. The minimum Gasteiger partial charge on any atom is -0.478 e. The number of carboxylic acids is 1. The lowest BCUT2D eigenvalue weighted by atomic mass is 10.0. The van der Waals surface area contributed by atoms with Gasteiger partial charge in [0.2, 0.25) is 0 Å². The van der Waals surface area contributed by atoms with Gasteiger partial charge < -0.3 is 10.8 Å². The van der Waals surface area contributed by atoms with Gasteiger partial charge in [0.05, 0.1) is 5.56 Å². The Labute approximate surface area is 93.5 Å². The van der Waals surface area contributed by atoms with Gasteiger partial charge in [0.15, 0.2) is 0 Å². The van der Waals surface area contributed by atoms with Gasteiger partial charge in [-0.05, 0) is 24.6 Å². The van der Waals surface area contributed by atoms with Crippen LogP contribution in [0.4, 0.5) is 4.39 Å². The maximum Gasteiger partial charge on any atom is 0.335 e. The third-order valence-corrected chi connectivity index (χ3v) is 2.08. The van der Waals surface area contributed by atoms with Crippen LogP contribution in [-0.2, 0) is 0 Å². The monoisotopic (exact) mass is 233 g/mol. The molecule has 1 rings (SSSR count). The Kier molecular flexibility index (Phi) is 5.25. The zero-order valence-electron chi connectivity index (χ0n) is 8.24. The van der Waals surface area contributed by atoms with Gasteiger partial charge in [0, 0.05) is 11.6 Å². The van der Waals surface area contributed by atoms with Crippen molar-refractivity contribution in [3.8, 4) is 0 Å². The van der Waals surface area contributed by atoms with Crippen molar-refractivity contribution in [2.45, 2.75) is 19.4 Å². The van der Waals surface area contributed by atoms with Crippen LogP contribution < -0.4 is 5.73 Å². The molecule has 0 spiro atoms. The number of carboxylic acid groups (broad SMARTS) is 1. The highest BCUT2D eigenvalue weighted by molar-refractivity contribution is 5.87. The highest BCUT2D eigenvalue weighted by atomic mass is 35.5. The van der Waals surface area contributed by atoms with E-state index in [-0.39, 0.29) is 23.5 Å². The normalized spacial score (nSPS) is 11.7. The number of carbonyl (C=O) groups is 1. The molecule has 0 amide bonds. The molecule has 1 atom stereocenters. The van der Waals surface area contributed by atoms with E-state index < -0.39 is 17.8 Å². The molecule has 0 saturated heterocycles. The van der Waals surface area contributed by atoms with E-state index in [2.05, 4.69) is 0 Å². The Morgan fingerprint density at radius 2 is 2.20 bits per heavy atom. The average Bonchev–Trinajstić information content (AvgIpc) is 2.17. The van der Waals surface area contributed by atoms with Crippen LogP contribution in [0.2, 0.25) is 0 Å². The summed E-state index contributed by atoms with van der Waals surface area (Å²) in [7, 11) is 0. The fourth-order valence-corrected chi connectivity index (χ4v) is 1.18. The van der Waals surface area contributed by atoms with Crippen LogP contribution in [-0.4, -0.2) is 11.1 Å². The van der Waals surface area contributed by atoms with Gasteiger partial charge in [0.1, 0.15) is 5.82 Å². The van der Waals surface area contributed by atoms with Crippen LogP contribution in [0.3, 0.4) is 0 Å². The molecule has 0 aliphatic carbocycles. The van der Waals surface area contributed by atoms with Gasteiger partial charge in [-0.25, -0.2) is 9.18 Å². The van der Waals surface area contributed by atoms with Crippen LogP contribution in [0.25, 0.3) is 0 Å². The fraction of sp³-hybridized carbons (Fsp3) is 0.300. The molecule has 5 heteroatoms. The summed E-state index contributed by atoms with van der Waals surface area (Å²) in [6.45, 7) is 1.82. The van der Waals surface area contributed by atoms with Crippen molar-refractivity contribution < 1.29 is 14.3 Å². The number of nitrogens with two attached hydrogens (primary N) is 1. The van der Waals surface area contributed by atoms with Crippen molar-refractivity contribution in [2.75, 3.05) is 0 Å². The second-order valence-corrected chi connectivity index (χ2v) is 3.06. The Balaban J connectivity index is 0.00000196. The third kappa shape index (κ3) is 3.18. The Morgan fingerprint density at radius 1 is 1.60 bits per heavy atom.